The number of fused-ring (bicyclic) bond motifs is 1. The van der Waals surface area contributed by atoms with Gasteiger partial charge in [-0.05, 0) is 51.1 Å². The summed E-state index contributed by atoms with van der Waals surface area (Å²) >= 11 is 1.65. The molecule has 6 nitrogen and oxygen atoms in total. The number of amides is 1. The zero-order chi connectivity index (χ0) is 20.5. The molecule has 7 heteroatoms. The number of benzene rings is 1. The van der Waals surface area contributed by atoms with Crippen LogP contribution in [0.25, 0.3) is 21.6 Å². The normalized spacial score (nSPS) is 11.2. The number of aromatic nitrogens is 3. The second-order valence-electron chi connectivity index (χ2n) is 7.04. The minimum atomic E-state index is -0.222. The standard InChI is InChI=1S/C22H22N4O2S/c1-13(2)26-21-16(12-23-26)15(11-18(24-21)20-10-9-14(3)29-20)22(27)25-17-7-5-6-8-19(17)28-4/h5-13H,1-4H3,(H,25,27). The Labute approximate surface area is 173 Å². The number of carbonyl (C=O) groups is 1. The molecule has 0 saturated carbocycles. The van der Waals surface area contributed by atoms with Gasteiger partial charge in [0.1, 0.15) is 5.75 Å². The van der Waals surface area contributed by atoms with Gasteiger partial charge in [0.15, 0.2) is 5.65 Å². The van der Waals surface area contributed by atoms with Gasteiger partial charge in [0.25, 0.3) is 5.91 Å². The fraction of sp³-hybridized carbons (Fsp3) is 0.227. The number of nitrogens with one attached hydrogen (secondary N) is 1. The summed E-state index contributed by atoms with van der Waals surface area (Å²) in [7, 11) is 1.58. The van der Waals surface area contributed by atoms with Crippen LogP contribution in [0.5, 0.6) is 5.75 Å². The summed E-state index contributed by atoms with van der Waals surface area (Å²) in [4.78, 5) is 20.3. The summed E-state index contributed by atoms with van der Waals surface area (Å²) < 4.78 is 7.21. The Kier molecular flexibility index (Phi) is 5.07. The molecule has 3 heterocycles. The van der Waals surface area contributed by atoms with Crippen LogP contribution in [0.1, 0.15) is 35.1 Å². The van der Waals surface area contributed by atoms with Crippen molar-refractivity contribution in [3.63, 3.8) is 0 Å². The first-order valence-electron chi connectivity index (χ1n) is 9.37. The fourth-order valence-corrected chi connectivity index (χ4v) is 4.05. The SMILES string of the molecule is COc1ccccc1NC(=O)c1cc(-c2ccc(C)s2)nc2c1cnn2C(C)C. The Balaban J connectivity index is 1.85. The highest BCUT2D eigenvalue weighted by Gasteiger charge is 2.20. The maximum Gasteiger partial charge on any atom is 0.256 e. The average molecular weight is 407 g/mol. The van der Waals surface area contributed by atoms with Gasteiger partial charge in [-0.3, -0.25) is 4.79 Å². The molecular formula is C22H22N4O2S. The van der Waals surface area contributed by atoms with E-state index < -0.39 is 0 Å². The number of pyridine rings is 1. The Morgan fingerprint density at radius 3 is 2.69 bits per heavy atom. The van der Waals surface area contributed by atoms with E-state index in [1.165, 1.54) is 4.88 Å². The first kappa shape index (κ1) is 19.1. The van der Waals surface area contributed by atoms with Gasteiger partial charge in [0.05, 0.1) is 40.5 Å². The fourth-order valence-electron chi connectivity index (χ4n) is 3.22. The maximum atomic E-state index is 13.2. The lowest BCUT2D eigenvalue weighted by atomic mass is 10.1. The van der Waals surface area contributed by atoms with Crippen molar-refractivity contribution >= 4 is 34.0 Å². The summed E-state index contributed by atoms with van der Waals surface area (Å²) in [5.41, 5.74) is 2.63. The molecule has 29 heavy (non-hydrogen) atoms. The van der Waals surface area contributed by atoms with Crippen molar-refractivity contribution in [3.05, 3.63) is 59.1 Å². The summed E-state index contributed by atoms with van der Waals surface area (Å²) in [5, 5.41) is 8.16. The van der Waals surface area contributed by atoms with Crippen LogP contribution in [0.3, 0.4) is 0 Å². The second-order valence-corrected chi connectivity index (χ2v) is 8.33. The molecule has 0 bridgehead atoms. The van der Waals surface area contributed by atoms with E-state index in [0.29, 0.717) is 22.6 Å². The lowest BCUT2D eigenvalue weighted by molar-refractivity contribution is 0.102. The topological polar surface area (TPSA) is 69.0 Å². The number of anilines is 1. The van der Waals surface area contributed by atoms with E-state index in [1.54, 1.807) is 24.6 Å². The van der Waals surface area contributed by atoms with Crippen molar-refractivity contribution in [2.24, 2.45) is 0 Å². The molecule has 4 rings (SSSR count). The van der Waals surface area contributed by atoms with Gasteiger partial charge in [-0.1, -0.05) is 12.1 Å². The highest BCUT2D eigenvalue weighted by atomic mass is 32.1. The van der Waals surface area contributed by atoms with Crippen molar-refractivity contribution in [1.29, 1.82) is 0 Å². The lowest BCUT2D eigenvalue weighted by Gasteiger charge is -2.12. The number of para-hydroxylation sites is 2. The molecule has 1 N–H and O–H groups in total. The maximum absolute atomic E-state index is 13.2. The summed E-state index contributed by atoms with van der Waals surface area (Å²) in [6.45, 7) is 6.15. The van der Waals surface area contributed by atoms with Crippen LogP contribution in [0.2, 0.25) is 0 Å². The van der Waals surface area contributed by atoms with Gasteiger partial charge in [0, 0.05) is 10.9 Å². The Bertz CT molecular complexity index is 1190. The number of methoxy groups -OCH3 is 1. The number of hydrogen-bond donors (Lipinski definition) is 1. The van der Waals surface area contributed by atoms with Crippen molar-refractivity contribution < 1.29 is 9.53 Å². The molecule has 148 valence electrons. The van der Waals surface area contributed by atoms with Gasteiger partial charge in [-0.15, -0.1) is 11.3 Å². The van der Waals surface area contributed by atoms with Crippen molar-refractivity contribution in [3.8, 4) is 16.3 Å². The van der Waals surface area contributed by atoms with Crippen LogP contribution in [0, 0.1) is 6.92 Å². The molecule has 0 unspecified atom stereocenters. The molecule has 3 aromatic heterocycles. The van der Waals surface area contributed by atoms with Gasteiger partial charge in [-0.2, -0.15) is 5.10 Å². The minimum Gasteiger partial charge on any atom is -0.495 e. The molecule has 0 atom stereocenters. The Hall–Kier alpha value is -3.19. The number of hydrogen-bond acceptors (Lipinski definition) is 5. The van der Waals surface area contributed by atoms with Crippen molar-refractivity contribution in [2.45, 2.75) is 26.8 Å². The first-order valence-corrected chi connectivity index (χ1v) is 10.2. The smallest absolute Gasteiger partial charge is 0.256 e. The monoisotopic (exact) mass is 406 g/mol. The minimum absolute atomic E-state index is 0.130. The van der Waals surface area contributed by atoms with Crippen molar-refractivity contribution in [1.82, 2.24) is 14.8 Å². The molecule has 1 aromatic carbocycles. The van der Waals surface area contributed by atoms with Gasteiger partial charge < -0.3 is 10.1 Å². The summed E-state index contributed by atoms with van der Waals surface area (Å²) in [6, 6.07) is 13.4. The molecule has 0 saturated heterocycles. The third-order valence-electron chi connectivity index (χ3n) is 4.65. The average Bonchev–Trinajstić information content (AvgIpc) is 3.33. The predicted molar refractivity (Wildman–Crippen MR) is 117 cm³/mol. The molecule has 1 amide bonds. The third-order valence-corrected chi connectivity index (χ3v) is 5.67. The lowest BCUT2D eigenvalue weighted by Crippen LogP contribution is -2.14. The number of carbonyl (C=O) groups excluding carboxylic acids is 1. The van der Waals surface area contributed by atoms with Gasteiger partial charge >= 0.3 is 0 Å². The van der Waals surface area contributed by atoms with E-state index in [4.69, 9.17) is 9.72 Å². The molecule has 4 aromatic rings. The number of aryl methyl sites for hydroxylation is 1. The van der Waals surface area contributed by atoms with E-state index in [1.807, 2.05) is 54.9 Å². The second kappa shape index (κ2) is 7.67. The van der Waals surface area contributed by atoms with E-state index in [9.17, 15) is 4.79 Å². The van der Waals surface area contributed by atoms with Gasteiger partial charge in [-0.25, -0.2) is 9.67 Å². The Morgan fingerprint density at radius 1 is 1.21 bits per heavy atom. The molecular weight excluding hydrogens is 384 g/mol. The third kappa shape index (κ3) is 3.61. The largest absolute Gasteiger partial charge is 0.495 e. The first-order chi connectivity index (χ1) is 14.0. The number of nitrogens with zero attached hydrogens (tertiary/aromatic N) is 3. The van der Waals surface area contributed by atoms with Crippen LogP contribution < -0.4 is 10.1 Å². The number of rotatable bonds is 5. The molecule has 0 radical (unpaired) electrons. The van der Waals surface area contributed by atoms with E-state index in [2.05, 4.69) is 23.4 Å². The molecule has 0 spiro atoms. The van der Waals surface area contributed by atoms with Crippen LogP contribution in [-0.4, -0.2) is 27.8 Å². The van der Waals surface area contributed by atoms with E-state index in [-0.39, 0.29) is 11.9 Å². The van der Waals surface area contributed by atoms with E-state index in [0.717, 1.165) is 16.0 Å². The molecule has 0 aliphatic heterocycles. The zero-order valence-corrected chi connectivity index (χ0v) is 17.6. The summed E-state index contributed by atoms with van der Waals surface area (Å²) in [6.07, 6.45) is 1.71. The molecule has 0 aliphatic rings. The van der Waals surface area contributed by atoms with Gasteiger partial charge in [0.2, 0.25) is 0 Å². The number of thiophene rings is 1. The van der Waals surface area contributed by atoms with Crippen LogP contribution in [0.4, 0.5) is 5.69 Å². The van der Waals surface area contributed by atoms with Crippen LogP contribution in [0.15, 0.2) is 48.7 Å². The highest BCUT2D eigenvalue weighted by molar-refractivity contribution is 7.15. The van der Waals surface area contributed by atoms with Crippen LogP contribution >= 0.6 is 11.3 Å². The molecule has 0 aliphatic carbocycles. The van der Waals surface area contributed by atoms with Crippen molar-refractivity contribution in [2.75, 3.05) is 12.4 Å². The number of ether oxygens (including phenoxy) is 1. The van der Waals surface area contributed by atoms with E-state index >= 15 is 0 Å². The summed E-state index contributed by atoms with van der Waals surface area (Å²) in [5.74, 6) is 0.387. The highest BCUT2D eigenvalue weighted by Crippen LogP contribution is 2.31. The quantitative estimate of drug-likeness (QED) is 0.488. The van der Waals surface area contributed by atoms with Crippen LogP contribution in [-0.2, 0) is 0 Å². The zero-order valence-electron chi connectivity index (χ0n) is 16.8. The predicted octanol–water partition coefficient (Wildman–Crippen LogP) is 5.31. The molecule has 0 fully saturated rings. The Morgan fingerprint density at radius 2 is 2.00 bits per heavy atom.